The maximum Gasteiger partial charge on any atom is 0.254 e. The fourth-order valence-electron chi connectivity index (χ4n) is 4.79. The monoisotopic (exact) mass is 358 g/mol. The molecule has 136 valence electrons. The molecule has 2 aromatic carbocycles. The van der Waals surface area contributed by atoms with E-state index in [0.29, 0.717) is 12.5 Å². The fourth-order valence-corrected chi connectivity index (χ4v) is 4.79. The topological polar surface area (TPSA) is 61.4 Å². The number of piperidine rings is 1. The van der Waals surface area contributed by atoms with Gasteiger partial charge in [-0.25, -0.2) is 4.98 Å². The first-order chi connectivity index (χ1) is 13.2. The number of likely N-dealkylation sites (tertiary alicyclic amines) is 1. The van der Waals surface area contributed by atoms with Crippen molar-refractivity contribution in [3.8, 4) is 0 Å². The van der Waals surface area contributed by atoms with E-state index in [9.17, 15) is 4.79 Å². The Morgan fingerprint density at radius 2 is 2.22 bits per heavy atom. The number of carbonyl (C=O) groups excluding carboxylic acids is 1. The van der Waals surface area contributed by atoms with Crippen molar-refractivity contribution in [3.63, 3.8) is 0 Å². The average Bonchev–Trinajstić information content (AvgIpc) is 3.31. The number of hydrogen-bond donors (Lipinski definition) is 1. The number of aromatic amines is 1. The summed E-state index contributed by atoms with van der Waals surface area (Å²) in [4.78, 5) is 26.8. The van der Waals surface area contributed by atoms with Crippen molar-refractivity contribution in [1.29, 1.82) is 0 Å². The van der Waals surface area contributed by atoms with E-state index < -0.39 is 0 Å². The van der Waals surface area contributed by atoms with E-state index in [2.05, 4.69) is 44.8 Å². The first kappa shape index (κ1) is 16.2. The third-order valence-electron chi connectivity index (χ3n) is 6.04. The molecule has 27 heavy (non-hydrogen) atoms. The second kappa shape index (κ2) is 6.34. The Bertz CT molecular complexity index is 1040. The number of nitrogens with one attached hydrogen (secondary N) is 1. The van der Waals surface area contributed by atoms with Crippen LogP contribution in [0, 0.1) is 0 Å². The molecule has 1 fully saturated rings. The van der Waals surface area contributed by atoms with Crippen LogP contribution in [-0.4, -0.2) is 40.1 Å². The molecular formula is C22H22N4O. The van der Waals surface area contributed by atoms with Crippen LogP contribution >= 0.6 is 0 Å². The lowest BCUT2D eigenvalue weighted by atomic mass is 9.87. The van der Waals surface area contributed by atoms with Gasteiger partial charge in [0.2, 0.25) is 0 Å². The Morgan fingerprint density at radius 1 is 1.30 bits per heavy atom. The highest BCUT2D eigenvalue weighted by atomic mass is 16.2. The zero-order valence-corrected chi connectivity index (χ0v) is 15.2. The molecule has 1 aliphatic carbocycles. The van der Waals surface area contributed by atoms with Gasteiger partial charge in [-0.15, -0.1) is 0 Å². The van der Waals surface area contributed by atoms with Crippen LogP contribution in [-0.2, 0) is 13.0 Å². The molecule has 0 bridgehead atoms. The minimum atomic E-state index is 0.127. The van der Waals surface area contributed by atoms with Gasteiger partial charge in [-0.2, -0.15) is 0 Å². The van der Waals surface area contributed by atoms with E-state index in [-0.39, 0.29) is 11.9 Å². The van der Waals surface area contributed by atoms with Crippen molar-refractivity contribution in [2.75, 3.05) is 6.54 Å². The van der Waals surface area contributed by atoms with Crippen molar-refractivity contribution >= 4 is 23.7 Å². The molecule has 5 rings (SSSR count). The number of benzene rings is 2. The Morgan fingerprint density at radius 3 is 3.11 bits per heavy atom. The van der Waals surface area contributed by atoms with Gasteiger partial charge in [-0.05, 0) is 60.9 Å². The quantitative estimate of drug-likeness (QED) is 0.726. The number of nitrogens with zero attached hydrogens (tertiary/aromatic N) is 3. The average molecular weight is 358 g/mol. The van der Waals surface area contributed by atoms with Crippen molar-refractivity contribution in [2.45, 2.75) is 37.8 Å². The highest BCUT2D eigenvalue weighted by molar-refractivity contribution is 5.97. The molecule has 1 amide bonds. The van der Waals surface area contributed by atoms with Crippen molar-refractivity contribution in [2.24, 2.45) is 4.99 Å². The summed E-state index contributed by atoms with van der Waals surface area (Å²) in [7, 11) is 0. The Kier molecular flexibility index (Phi) is 3.81. The summed E-state index contributed by atoms with van der Waals surface area (Å²) in [6.45, 7) is 5.09. The highest BCUT2D eigenvalue weighted by Gasteiger charge is 2.40. The second-order valence-electron chi connectivity index (χ2n) is 7.57. The number of fused-ring (bicyclic) bond motifs is 4. The van der Waals surface area contributed by atoms with E-state index in [1.54, 1.807) is 6.33 Å². The third kappa shape index (κ3) is 2.65. The molecule has 1 aliphatic heterocycles. The number of rotatable bonds is 3. The molecule has 2 heterocycles. The number of aromatic nitrogens is 2. The molecule has 0 spiro atoms. The first-order valence-electron chi connectivity index (χ1n) is 9.53. The molecule has 0 saturated carbocycles. The summed E-state index contributed by atoms with van der Waals surface area (Å²) in [5.74, 6) is 0.556. The maximum absolute atomic E-state index is 13.3. The van der Waals surface area contributed by atoms with Gasteiger partial charge in [0.1, 0.15) is 0 Å². The van der Waals surface area contributed by atoms with Crippen molar-refractivity contribution in [3.05, 3.63) is 65.0 Å². The van der Waals surface area contributed by atoms with E-state index in [1.165, 1.54) is 16.7 Å². The number of H-pyrrole nitrogens is 1. The predicted molar refractivity (Wildman–Crippen MR) is 106 cm³/mol. The van der Waals surface area contributed by atoms with Crippen LogP contribution in [0.2, 0.25) is 0 Å². The van der Waals surface area contributed by atoms with Gasteiger partial charge in [0.15, 0.2) is 0 Å². The lowest BCUT2D eigenvalue weighted by Crippen LogP contribution is -2.46. The van der Waals surface area contributed by atoms with Crippen LogP contribution in [0.3, 0.4) is 0 Å². The summed E-state index contributed by atoms with van der Waals surface area (Å²) in [5.41, 5.74) is 6.52. The van der Waals surface area contributed by atoms with Crippen molar-refractivity contribution in [1.82, 2.24) is 14.9 Å². The van der Waals surface area contributed by atoms with E-state index in [1.807, 2.05) is 18.2 Å². The molecule has 2 atom stereocenters. The minimum Gasteiger partial charge on any atom is -0.345 e. The number of amides is 1. The van der Waals surface area contributed by atoms with Crippen molar-refractivity contribution < 1.29 is 4.79 Å². The summed E-state index contributed by atoms with van der Waals surface area (Å²) in [6.07, 6.45) is 4.80. The van der Waals surface area contributed by atoms with Crippen LogP contribution < -0.4 is 0 Å². The van der Waals surface area contributed by atoms with Gasteiger partial charge < -0.3 is 9.88 Å². The Balaban J connectivity index is 1.45. The van der Waals surface area contributed by atoms with E-state index in [4.69, 9.17) is 0 Å². The van der Waals surface area contributed by atoms with E-state index in [0.717, 1.165) is 42.4 Å². The number of carbonyl (C=O) groups is 1. The zero-order valence-electron chi connectivity index (χ0n) is 15.2. The van der Waals surface area contributed by atoms with Crippen LogP contribution in [0.15, 0.2) is 47.7 Å². The highest BCUT2D eigenvalue weighted by Crippen LogP contribution is 2.43. The molecule has 5 nitrogen and oxygen atoms in total. The van der Waals surface area contributed by atoms with Gasteiger partial charge in [0, 0.05) is 24.1 Å². The van der Waals surface area contributed by atoms with Crippen LogP contribution in [0.4, 0.5) is 0 Å². The van der Waals surface area contributed by atoms with Crippen LogP contribution in [0.25, 0.3) is 11.0 Å². The number of aliphatic imine (C=N–C) groups is 1. The zero-order chi connectivity index (χ0) is 18.4. The summed E-state index contributed by atoms with van der Waals surface area (Å²) in [5, 5.41) is 0. The smallest absolute Gasteiger partial charge is 0.254 e. The molecule has 0 unspecified atom stereocenters. The number of hydrogen-bond acceptors (Lipinski definition) is 3. The Hall–Kier alpha value is -2.95. The molecule has 3 aromatic rings. The van der Waals surface area contributed by atoms with Gasteiger partial charge in [0.25, 0.3) is 5.91 Å². The lowest BCUT2D eigenvalue weighted by molar-refractivity contribution is 0.0595. The first-order valence-corrected chi connectivity index (χ1v) is 9.53. The van der Waals surface area contributed by atoms with Gasteiger partial charge in [-0.1, -0.05) is 18.2 Å². The molecule has 1 N–H and O–H groups in total. The normalized spacial score (nSPS) is 21.1. The maximum atomic E-state index is 13.3. The fraction of sp³-hybridized carbons (Fsp3) is 0.318. The molecule has 1 aromatic heterocycles. The largest absolute Gasteiger partial charge is 0.345 e. The third-order valence-corrected chi connectivity index (χ3v) is 6.04. The second-order valence-corrected chi connectivity index (χ2v) is 7.57. The SMILES string of the molecule is C=NCc1ccc2c(c1)[C@H]1CCCN(C(=O)c3ccc4nc[nH]c4c3)[C@H]1C2. The summed E-state index contributed by atoms with van der Waals surface area (Å²) >= 11 is 0. The molecular weight excluding hydrogens is 336 g/mol. The Labute approximate surface area is 158 Å². The standard InChI is InChI=1S/C22H22N4O/c1-23-12-14-4-5-15-11-21-17(18(15)9-14)3-2-8-26(21)22(27)16-6-7-19-20(10-16)25-13-24-19/h4-7,9-10,13,17,21H,1-3,8,11-12H2,(H,24,25)/t17-,21+/m1/s1. The summed E-state index contributed by atoms with van der Waals surface area (Å²) < 4.78 is 0. The molecule has 5 heteroatoms. The summed E-state index contributed by atoms with van der Waals surface area (Å²) in [6, 6.07) is 12.6. The van der Waals surface area contributed by atoms with Gasteiger partial charge >= 0.3 is 0 Å². The number of imidazole rings is 1. The predicted octanol–water partition coefficient (Wildman–Crippen LogP) is 3.71. The molecule has 2 aliphatic rings. The lowest BCUT2D eigenvalue weighted by Gasteiger charge is -2.38. The van der Waals surface area contributed by atoms with Gasteiger partial charge in [0.05, 0.1) is 23.9 Å². The van der Waals surface area contributed by atoms with Crippen LogP contribution in [0.1, 0.15) is 45.8 Å². The van der Waals surface area contributed by atoms with Gasteiger partial charge in [-0.3, -0.25) is 9.79 Å². The molecule has 1 saturated heterocycles. The molecule has 0 radical (unpaired) electrons. The van der Waals surface area contributed by atoms with E-state index >= 15 is 0 Å². The minimum absolute atomic E-state index is 0.127. The van der Waals surface area contributed by atoms with Crippen LogP contribution in [0.5, 0.6) is 0 Å².